The molecule has 0 aliphatic heterocycles. The number of carbonyl (C=O) groups is 2. The summed E-state index contributed by atoms with van der Waals surface area (Å²) in [6.07, 6.45) is 0. The smallest absolute Gasteiger partial charge is 0.321 e. The van der Waals surface area contributed by atoms with Gasteiger partial charge in [-0.05, 0) is 12.1 Å². The molecule has 0 spiro atoms. The lowest BCUT2D eigenvalue weighted by molar-refractivity contribution is -0.385. The number of nitrogens with one attached hydrogen (secondary N) is 1. The zero-order valence-electron chi connectivity index (χ0n) is 12.4. The van der Waals surface area contributed by atoms with Crippen molar-refractivity contribution in [3.05, 3.63) is 28.3 Å². The van der Waals surface area contributed by atoms with E-state index in [-0.39, 0.29) is 23.7 Å². The Kier molecular flexibility index (Phi) is 5.67. The maximum Gasteiger partial charge on any atom is 0.321 e. The van der Waals surface area contributed by atoms with Crippen LogP contribution in [0.15, 0.2) is 18.2 Å². The number of nitro groups is 1. The number of hydrogen-bond donors (Lipinski definition) is 2. The largest absolute Gasteiger partial charge is 0.490 e. The summed E-state index contributed by atoms with van der Waals surface area (Å²) >= 11 is 0. The van der Waals surface area contributed by atoms with Gasteiger partial charge in [0.25, 0.3) is 0 Å². The number of nitrogens with zero attached hydrogens (tertiary/aromatic N) is 2. The Bertz CT molecular complexity index is 589. The van der Waals surface area contributed by atoms with Gasteiger partial charge < -0.3 is 20.1 Å². The second kappa shape index (κ2) is 7.25. The van der Waals surface area contributed by atoms with E-state index >= 15 is 0 Å². The third kappa shape index (κ3) is 4.33. The van der Waals surface area contributed by atoms with Crippen molar-refractivity contribution in [3.63, 3.8) is 0 Å². The van der Waals surface area contributed by atoms with Crippen LogP contribution in [0.1, 0.15) is 6.92 Å². The molecule has 1 aromatic rings. The van der Waals surface area contributed by atoms with E-state index in [2.05, 4.69) is 5.32 Å². The molecule has 9 nitrogen and oxygen atoms in total. The quantitative estimate of drug-likeness (QED) is 0.610. The first-order valence-electron chi connectivity index (χ1n) is 6.33. The Morgan fingerprint density at radius 2 is 2.14 bits per heavy atom. The van der Waals surface area contributed by atoms with Gasteiger partial charge in [0.2, 0.25) is 0 Å². The number of rotatable bonds is 6. The molecule has 22 heavy (non-hydrogen) atoms. The number of anilines is 1. The molecule has 1 atom stereocenters. The van der Waals surface area contributed by atoms with E-state index in [9.17, 15) is 19.7 Å². The topological polar surface area (TPSA) is 122 Å². The van der Waals surface area contributed by atoms with Crippen LogP contribution in [0.2, 0.25) is 0 Å². The van der Waals surface area contributed by atoms with Gasteiger partial charge in [0, 0.05) is 25.3 Å². The number of benzene rings is 1. The minimum absolute atomic E-state index is 0.0133. The van der Waals surface area contributed by atoms with Gasteiger partial charge in [-0.1, -0.05) is 6.92 Å². The predicted molar refractivity (Wildman–Crippen MR) is 78.1 cm³/mol. The van der Waals surface area contributed by atoms with Crippen molar-refractivity contribution in [2.24, 2.45) is 5.92 Å². The molecule has 0 heterocycles. The molecule has 1 rings (SSSR count). The molecule has 1 unspecified atom stereocenters. The van der Waals surface area contributed by atoms with Gasteiger partial charge in [-0.3, -0.25) is 14.9 Å². The number of urea groups is 1. The number of methoxy groups -OCH3 is 1. The van der Waals surface area contributed by atoms with Gasteiger partial charge in [-0.2, -0.15) is 0 Å². The second-order valence-electron chi connectivity index (χ2n) is 4.69. The first kappa shape index (κ1) is 17.2. The van der Waals surface area contributed by atoms with Crippen molar-refractivity contribution in [2.75, 3.05) is 26.0 Å². The molecule has 9 heteroatoms. The lowest BCUT2D eigenvalue weighted by atomic mass is 10.2. The molecular formula is C13H17N3O6. The highest BCUT2D eigenvalue weighted by atomic mass is 16.6. The lowest BCUT2D eigenvalue weighted by Gasteiger charge is -2.20. The minimum atomic E-state index is -1.01. The van der Waals surface area contributed by atoms with Crippen LogP contribution in [0.4, 0.5) is 16.2 Å². The molecular weight excluding hydrogens is 294 g/mol. The van der Waals surface area contributed by atoms with Gasteiger partial charge in [0.15, 0.2) is 5.75 Å². The summed E-state index contributed by atoms with van der Waals surface area (Å²) < 4.78 is 4.86. The Morgan fingerprint density at radius 3 is 2.64 bits per heavy atom. The van der Waals surface area contributed by atoms with Gasteiger partial charge in [-0.15, -0.1) is 0 Å². The lowest BCUT2D eigenvalue weighted by Crippen LogP contribution is -2.36. The second-order valence-corrected chi connectivity index (χ2v) is 4.69. The summed E-state index contributed by atoms with van der Waals surface area (Å²) in [5, 5.41) is 22.2. The summed E-state index contributed by atoms with van der Waals surface area (Å²) in [6, 6.07) is 3.43. The summed E-state index contributed by atoms with van der Waals surface area (Å²) in [7, 11) is 2.74. The molecule has 0 saturated heterocycles. The minimum Gasteiger partial charge on any atom is -0.490 e. The normalized spacial score (nSPS) is 11.4. The van der Waals surface area contributed by atoms with Crippen LogP contribution in [-0.4, -0.2) is 47.6 Å². The van der Waals surface area contributed by atoms with E-state index in [1.165, 1.54) is 44.2 Å². The molecule has 0 bridgehead atoms. The van der Waals surface area contributed by atoms with Crippen LogP contribution in [0, 0.1) is 16.0 Å². The molecule has 0 radical (unpaired) electrons. The highest BCUT2D eigenvalue weighted by Crippen LogP contribution is 2.29. The molecule has 2 amide bonds. The number of hydrogen-bond acceptors (Lipinski definition) is 5. The van der Waals surface area contributed by atoms with Gasteiger partial charge in [-0.25, -0.2) is 4.79 Å². The number of amides is 2. The van der Waals surface area contributed by atoms with Crippen molar-refractivity contribution in [1.82, 2.24) is 4.90 Å². The van der Waals surface area contributed by atoms with Crippen LogP contribution in [0.5, 0.6) is 5.75 Å². The summed E-state index contributed by atoms with van der Waals surface area (Å²) in [5.41, 5.74) is -0.0609. The van der Waals surface area contributed by atoms with Crippen molar-refractivity contribution < 1.29 is 24.4 Å². The Balaban J connectivity index is 2.82. The SMILES string of the molecule is COc1ccc(NC(=O)N(C)CC(C)C(=O)O)cc1[N+](=O)[O-]. The van der Waals surface area contributed by atoms with E-state index in [4.69, 9.17) is 9.84 Å². The van der Waals surface area contributed by atoms with Crippen molar-refractivity contribution in [1.29, 1.82) is 0 Å². The summed E-state index contributed by atoms with van der Waals surface area (Å²) in [4.78, 5) is 34.2. The first-order chi connectivity index (χ1) is 10.3. The van der Waals surface area contributed by atoms with Crippen molar-refractivity contribution >= 4 is 23.4 Å². The third-order valence-corrected chi connectivity index (χ3v) is 2.94. The Morgan fingerprint density at radius 1 is 1.50 bits per heavy atom. The molecule has 120 valence electrons. The fraction of sp³-hybridized carbons (Fsp3) is 0.385. The van der Waals surface area contributed by atoms with Crippen LogP contribution in [0.3, 0.4) is 0 Å². The van der Waals surface area contributed by atoms with Crippen LogP contribution >= 0.6 is 0 Å². The van der Waals surface area contributed by atoms with Crippen molar-refractivity contribution in [3.8, 4) is 5.75 Å². The standard InChI is InChI=1S/C13H17N3O6/c1-8(12(17)18)7-15(2)13(19)14-9-4-5-11(22-3)10(6-9)16(20)21/h4-6,8H,7H2,1-3H3,(H,14,19)(H,17,18). The molecule has 0 aliphatic carbocycles. The number of carboxylic acids is 1. The predicted octanol–water partition coefficient (Wildman–Crippen LogP) is 1.79. The third-order valence-electron chi connectivity index (χ3n) is 2.94. The van der Waals surface area contributed by atoms with Gasteiger partial charge in [0.05, 0.1) is 18.0 Å². The zero-order chi connectivity index (χ0) is 16.9. The fourth-order valence-electron chi connectivity index (χ4n) is 1.70. The molecule has 2 N–H and O–H groups in total. The van der Waals surface area contributed by atoms with Gasteiger partial charge >= 0.3 is 17.7 Å². The van der Waals surface area contributed by atoms with E-state index in [0.29, 0.717) is 0 Å². The average Bonchev–Trinajstić information content (AvgIpc) is 2.46. The number of nitro benzene ring substituents is 1. The molecule has 0 aromatic heterocycles. The highest BCUT2D eigenvalue weighted by Gasteiger charge is 2.19. The van der Waals surface area contributed by atoms with E-state index < -0.39 is 22.8 Å². The fourth-order valence-corrected chi connectivity index (χ4v) is 1.70. The van der Waals surface area contributed by atoms with Crippen LogP contribution < -0.4 is 10.1 Å². The number of aliphatic carboxylic acids is 1. The Hall–Kier alpha value is -2.84. The number of carboxylic acid groups (broad SMARTS) is 1. The first-order valence-corrected chi connectivity index (χ1v) is 6.33. The number of ether oxygens (including phenoxy) is 1. The van der Waals surface area contributed by atoms with E-state index in [1.54, 1.807) is 0 Å². The average molecular weight is 311 g/mol. The molecule has 0 aliphatic rings. The zero-order valence-corrected chi connectivity index (χ0v) is 12.4. The van der Waals surface area contributed by atoms with Gasteiger partial charge in [0.1, 0.15) is 0 Å². The maximum atomic E-state index is 11.9. The molecule has 0 saturated carbocycles. The highest BCUT2D eigenvalue weighted by molar-refractivity contribution is 5.90. The summed E-state index contributed by atoms with van der Waals surface area (Å²) in [6.45, 7) is 1.49. The maximum absolute atomic E-state index is 11.9. The molecule has 1 aromatic carbocycles. The monoisotopic (exact) mass is 311 g/mol. The number of carbonyl (C=O) groups excluding carboxylic acids is 1. The van der Waals surface area contributed by atoms with E-state index in [0.717, 1.165) is 0 Å². The molecule has 0 fully saturated rings. The summed E-state index contributed by atoms with van der Waals surface area (Å²) in [5.74, 6) is -1.66. The Labute approximate surface area is 126 Å². The van der Waals surface area contributed by atoms with Crippen molar-refractivity contribution in [2.45, 2.75) is 6.92 Å². The van der Waals surface area contributed by atoms with Crippen LogP contribution in [0.25, 0.3) is 0 Å². The van der Waals surface area contributed by atoms with Crippen LogP contribution in [-0.2, 0) is 4.79 Å². The van der Waals surface area contributed by atoms with E-state index in [1.807, 2.05) is 0 Å².